The lowest BCUT2D eigenvalue weighted by Gasteiger charge is -2.02. The Kier molecular flexibility index (Phi) is 4.69. The van der Waals surface area contributed by atoms with Crippen molar-refractivity contribution in [2.24, 2.45) is 5.73 Å². The standard InChI is InChI=1S/C9H13BrN2O2S/c10-8-2-3-9(12-6-8)7-15(13,14)5-1-4-11/h2-3,6H,1,4-5,7,11H2. The molecule has 2 N–H and O–H groups in total. The minimum absolute atomic E-state index is 0.0136. The van der Waals surface area contributed by atoms with Crippen LogP contribution in [0.2, 0.25) is 0 Å². The minimum Gasteiger partial charge on any atom is -0.330 e. The third-order valence-corrected chi connectivity index (χ3v) is 3.93. The molecule has 0 saturated carbocycles. The van der Waals surface area contributed by atoms with Crippen molar-refractivity contribution in [3.63, 3.8) is 0 Å². The second-order valence-corrected chi connectivity index (χ2v) is 6.30. The monoisotopic (exact) mass is 292 g/mol. The fourth-order valence-corrected chi connectivity index (χ4v) is 2.70. The van der Waals surface area contributed by atoms with Crippen molar-refractivity contribution >= 4 is 25.8 Å². The van der Waals surface area contributed by atoms with Crippen LogP contribution in [-0.4, -0.2) is 25.7 Å². The van der Waals surface area contributed by atoms with E-state index in [4.69, 9.17) is 5.73 Å². The van der Waals surface area contributed by atoms with Crippen LogP contribution in [0.15, 0.2) is 22.8 Å². The molecule has 1 aromatic heterocycles. The molecule has 0 fully saturated rings. The van der Waals surface area contributed by atoms with E-state index < -0.39 is 9.84 Å². The van der Waals surface area contributed by atoms with Gasteiger partial charge in [-0.1, -0.05) is 0 Å². The number of nitrogens with two attached hydrogens (primary N) is 1. The maximum absolute atomic E-state index is 11.5. The summed E-state index contributed by atoms with van der Waals surface area (Å²) in [7, 11) is -3.07. The van der Waals surface area contributed by atoms with Crippen LogP contribution < -0.4 is 5.73 Å². The van der Waals surface area contributed by atoms with E-state index in [1.54, 1.807) is 18.3 Å². The van der Waals surface area contributed by atoms with E-state index in [0.717, 1.165) is 4.47 Å². The number of aromatic nitrogens is 1. The molecule has 15 heavy (non-hydrogen) atoms. The van der Waals surface area contributed by atoms with Crippen LogP contribution >= 0.6 is 15.9 Å². The smallest absolute Gasteiger partial charge is 0.156 e. The zero-order chi connectivity index (χ0) is 11.3. The SMILES string of the molecule is NCCCS(=O)(=O)Cc1ccc(Br)cn1. The highest BCUT2D eigenvalue weighted by Crippen LogP contribution is 2.10. The molecule has 1 aromatic rings. The average molecular weight is 293 g/mol. The van der Waals surface area contributed by atoms with E-state index >= 15 is 0 Å². The maximum atomic E-state index is 11.5. The predicted octanol–water partition coefficient (Wildman–Crippen LogP) is 1.11. The number of nitrogens with zero attached hydrogens (tertiary/aromatic N) is 1. The first-order valence-electron chi connectivity index (χ1n) is 4.54. The largest absolute Gasteiger partial charge is 0.330 e. The summed E-state index contributed by atoms with van der Waals surface area (Å²) < 4.78 is 23.9. The normalized spacial score (nSPS) is 11.6. The molecule has 84 valence electrons. The summed E-state index contributed by atoms with van der Waals surface area (Å²) in [6.45, 7) is 0.396. The molecular weight excluding hydrogens is 280 g/mol. The fraction of sp³-hybridized carbons (Fsp3) is 0.444. The second-order valence-electron chi connectivity index (χ2n) is 3.20. The van der Waals surface area contributed by atoms with Crippen LogP contribution in [0.3, 0.4) is 0 Å². The highest BCUT2D eigenvalue weighted by atomic mass is 79.9. The lowest BCUT2D eigenvalue weighted by Crippen LogP contribution is -2.13. The van der Waals surface area contributed by atoms with E-state index in [9.17, 15) is 8.42 Å². The summed E-state index contributed by atoms with van der Waals surface area (Å²) in [5.41, 5.74) is 5.83. The Morgan fingerprint density at radius 2 is 2.13 bits per heavy atom. The first kappa shape index (κ1) is 12.6. The van der Waals surface area contributed by atoms with Crippen molar-refractivity contribution < 1.29 is 8.42 Å². The van der Waals surface area contributed by atoms with Crippen LogP contribution in [0.25, 0.3) is 0 Å². The van der Waals surface area contributed by atoms with Crippen molar-refractivity contribution in [3.8, 4) is 0 Å². The van der Waals surface area contributed by atoms with Gasteiger partial charge < -0.3 is 5.73 Å². The van der Waals surface area contributed by atoms with Gasteiger partial charge in [0.2, 0.25) is 0 Å². The number of hydrogen-bond donors (Lipinski definition) is 1. The molecular formula is C9H13BrN2O2S. The highest BCUT2D eigenvalue weighted by molar-refractivity contribution is 9.10. The molecule has 0 aliphatic carbocycles. The molecule has 1 heterocycles. The second kappa shape index (κ2) is 5.58. The first-order valence-corrected chi connectivity index (χ1v) is 7.16. The summed E-state index contributed by atoms with van der Waals surface area (Å²) in [5, 5.41) is 0. The molecule has 1 rings (SSSR count). The average Bonchev–Trinajstić information content (AvgIpc) is 2.18. The summed E-state index contributed by atoms with van der Waals surface area (Å²) in [4.78, 5) is 4.01. The van der Waals surface area contributed by atoms with Crippen LogP contribution in [0.4, 0.5) is 0 Å². The van der Waals surface area contributed by atoms with Crippen LogP contribution in [0.5, 0.6) is 0 Å². The van der Waals surface area contributed by atoms with E-state index in [2.05, 4.69) is 20.9 Å². The lowest BCUT2D eigenvalue weighted by molar-refractivity contribution is 0.592. The predicted molar refractivity (Wildman–Crippen MR) is 63.1 cm³/mol. The Morgan fingerprint density at radius 3 is 2.67 bits per heavy atom. The van der Waals surface area contributed by atoms with Gasteiger partial charge in [-0.3, -0.25) is 4.98 Å². The Balaban J connectivity index is 2.65. The maximum Gasteiger partial charge on any atom is 0.156 e. The number of hydrogen-bond acceptors (Lipinski definition) is 4. The number of halogens is 1. The topological polar surface area (TPSA) is 73.1 Å². The molecule has 0 saturated heterocycles. The Hall–Kier alpha value is -0.460. The van der Waals surface area contributed by atoms with Gasteiger partial charge in [-0.25, -0.2) is 8.42 Å². The zero-order valence-corrected chi connectivity index (χ0v) is 10.6. The van der Waals surface area contributed by atoms with Crippen molar-refractivity contribution in [1.29, 1.82) is 0 Å². The summed E-state index contributed by atoms with van der Waals surface area (Å²) >= 11 is 3.24. The van der Waals surface area contributed by atoms with Gasteiger partial charge in [-0.05, 0) is 41.0 Å². The van der Waals surface area contributed by atoms with Gasteiger partial charge >= 0.3 is 0 Å². The molecule has 0 unspecified atom stereocenters. The van der Waals surface area contributed by atoms with E-state index in [0.29, 0.717) is 18.7 Å². The van der Waals surface area contributed by atoms with E-state index in [-0.39, 0.29) is 11.5 Å². The number of rotatable bonds is 5. The van der Waals surface area contributed by atoms with E-state index in [1.807, 2.05) is 0 Å². The lowest BCUT2D eigenvalue weighted by atomic mass is 10.4. The molecule has 0 amide bonds. The summed E-state index contributed by atoms with van der Waals surface area (Å²) in [5.74, 6) is 0.113. The third kappa shape index (κ3) is 4.72. The Labute approximate surface area is 97.9 Å². The molecule has 0 aromatic carbocycles. The summed E-state index contributed by atoms with van der Waals surface area (Å²) in [6, 6.07) is 3.48. The van der Waals surface area contributed by atoms with Gasteiger partial charge in [0.15, 0.2) is 9.84 Å². The molecule has 4 nitrogen and oxygen atoms in total. The van der Waals surface area contributed by atoms with E-state index in [1.165, 1.54) is 0 Å². The van der Waals surface area contributed by atoms with Crippen LogP contribution in [0, 0.1) is 0 Å². The van der Waals surface area contributed by atoms with Crippen LogP contribution in [0.1, 0.15) is 12.1 Å². The molecule has 0 atom stereocenters. The minimum atomic E-state index is -3.07. The molecule has 0 spiro atoms. The Bertz CT molecular complexity index is 403. The van der Waals surface area contributed by atoms with Gasteiger partial charge in [0.05, 0.1) is 17.2 Å². The third-order valence-electron chi connectivity index (χ3n) is 1.82. The first-order chi connectivity index (χ1) is 7.03. The molecule has 0 radical (unpaired) electrons. The number of pyridine rings is 1. The van der Waals surface area contributed by atoms with Crippen molar-refractivity contribution in [3.05, 3.63) is 28.5 Å². The van der Waals surface area contributed by atoms with Crippen molar-refractivity contribution in [2.45, 2.75) is 12.2 Å². The molecule has 6 heteroatoms. The quantitative estimate of drug-likeness (QED) is 0.882. The highest BCUT2D eigenvalue weighted by Gasteiger charge is 2.11. The fourth-order valence-electron chi connectivity index (χ4n) is 1.09. The Morgan fingerprint density at radius 1 is 1.40 bits per heavy atom. The van der Waals surface area contributed by atoms with Gasteiger partial charge in [0, 0.05) is 10.7 Å². The molecule has 0 bridgehead atoms. The zero-order valence-electron chi connectivity index (χ0n) is 8.19. The van der Waals surface area contributed by atoms with Crippen molar-refractivity contribution in [2.75, 3.05) is 12.3 Å². The molecule has 0 aliphatic rings. The summed E-state index contributed by atoms with van der Waals surface area (Å²) in [6.07, 6.45) is 2.09. The number of sulfone groups is 1. The van der Waals surface area contributed by atoms with Gasteiger partial charge in [-0.15, -0.1) is 0 Å². The van der Waals surface area contributed by atoms with Gasteiger partial charge in [0.1, 0.15) is 0 Å². The van der Waals surface area contributed by atoms with Gasteiger partial charge in [0.25, 0.3) is 0 Å². The molecule has 0 aliphatic heterocycles. The van der Waals surface area contributed by atoms with Crippen LogP contribution in [-0.2, 0) is 15.6 Å². The van der Waals surface area contributed by atoms with Gasteiger partial charge in [-0.2, -0.15) is 0 Å². The van der Waals surface area contributed by atoms with Crippen molar-refractivity contribution in [1.82, 2.24) is 4.98 Å².